The molecule has 2 aliphatic rings. The van der Waals surface area contributed by atoms with Crippen molar-refractivity contribution in [1.82, 2.24) is 5.32 Å². The van der Waals surface area contributed by atoms with Gasteiger partial charge in [-0.15, -0.1) is 0 Å². The molecule has 0 aromatic heterocycles. The van der Waals surface area contributed by atoms with Gasteiger partial charge in [-0.2, -0.15) is 0 Å². The van der Waals surface area contributed by atoms with E-state index < -0.39 is 0 Å². The summed E-state index contributed by atoms with van der Waals surface area (Å²) < 4.78 is 16.5. The highest BCUT2D eigenvalue weighted by molar-refractivity contribution is 5.77. The Balaban J connectivity index is 1.78. The number of rotatable bonds is 5. The summed E-state index contributed by atoms with van der Waals surface area (Å²) in [5.74, 6) is 2.66. The highest BCUT2D eigenvalue weighted by Gasteiger charge is 2.35. The van der Waals surface area contributed by atoms with Gasteiger partial charge in [0.1, 0.15) is 0 Å². The van der Waals surface area contributed by atoms with E-state index in [9.17, 15) is 0 Å². The number of nitrogens with zero attached hydrogens (tertiary/aromatic N) is 1. The van der Waals surface area contributed by atoms with Crippen LogP contribution in [0.25, 0.3) is 0 Å². The number of guanidine groups is 1. The number of ether oxygens (including phenoxy) is 3. The second-order valence-corrected chi connectivity index (χ2v) is 6.94. The molecule has 0 spiro atoms. The zero-order valence-corrected chi connectivity index (χ0v) is 14.5. The third-order valence-corrected chi connectivity index (χ3v) is 4.68. The van der Waals surface area contributed by atoms with Gasteiger partial charge in [-0.3, -0.25) is 4.99 Å². The van der Waals surface area contributed by atoms with Gasteiger partial charge in [0, 0.05) is 25.2 Å². The lowest BCUT2D eigenvalue weighted by Gasteiger charge is -2.36. The van der Waals surface area contributed by atoms with E-state index in [2.05, 4.69) is 36.3 Å². The summed E-state index contributed by atoms with van der Waals surface area (Å²) in [6, 6.07) is 6.19. The Hall–Kier alpha value is -1.95. The van der Waals surface area contributed by atoms with Gasteiger partial charge in [-0.1, -0.05) is 19.9 Å². The molecule has 24 heavy (non-hydrogen) atoms. The minimum absolute atomic E-state index is 0.0661. The van der Waals surface area contributed by atoms with E-state index in [0.717, 1.165) is 44.1 Å². The molecule has 132 valence electrons. The Morgan fingerprint density at radius 1 is 1.25 bits per heavy atom. The first kappa shape index (κ1) is 16.9. The molecular weight excluding hydrogens is 306 g/mol. The van der Waals surface area contributed by atoms with E-state index in [0.29, 0.717) is 25.2 Å². The third kappa shape index (κ3) is 3.75. The summed E-state index contributed by atoms with van der Waals surface area (Å²) in [7, 11) is 0. The smallest absolute Gasteiger partial charge is 0.231 e. The average Bonchev–Trinajstić information content (AvgIpc) is 3.06. The van der Waals surface area contributed by atoms with Crippen LogP contribution in [0.15, 0.2) is 23.2 Å². The molecule has 1 aromatic carbocycles. The van der Waals surface area contributed by atoms with Crippen LogP contribution < -0.4 is 20.5 Å². The van der Waals surface area contributed by atoms with E-state index in [1.165, 1.54) is 5.56 Å². The van der Waals surface area contributed by atoms with E-state index >= 15 is 0 Å². The first-order chi connectivity index (χ1) is 11.6. The molecular formula is C18H27N3O3. The molecule has 0 radical (unpaired) electrons. The van der Waals surface area contributed by atoms with Crippen molar-refractivity contribution in [2.45, 2.75) is 32.1 Å². The first-order valence-corrected chi connectivity index (χ1v) is 8.61. The molecule has 0 bridgehead atoms. The molecule has 0 amide bonds. The molecule has 0 saturated carbocycles. The lowest BCUT2D eigenvalue weighted by Crippen LogP contribution is -2.40. The summed E-state index contributed by atoms with van der Waals surface area (Å²) in [5, 5.41) is 3.18. The zero-order chi connectivity index (χ0) is 17.0. The molecule has 6 nitrogen and oxygen atoms in total. The van der Waals surface area contributed by atoms with Gasteiger partial charge in [-0.05, 0) is 36.5 Å². The normalized spacial score (nSPS) is 19.5. The summed E-state index contributed by atoms with van der Waals surface area (Å²) in [5.41, 5.74) is 7.18. The van der Waals surface area contributed by atoms with E-state index in [-0.39, 0.29) is 5.41 Å². The summed E-state index contributed by atoms with van der Waals surface area (Å²) in [4.78, 5) is 4.62. The van der Waals surface area contributed by atoms with E-state index in [1.807, 2.05) is 6.07 Å². The van der Waals surface area contributed by atoms with Crippen molar-refractivity contribution in [3.05, 3.63) is 23.8 Å². The molecule has 6 heteroatoms. The van der Waals surface area contributed by atoms with Crippen LogP contribution in [-0.4, -0.2) is 39.1 Å². The van der Waals surface area contributed by atoms with Crippen molar-refractivity contribution in [1.29, 1.82) is 0 Å². The Bertz CT molecular complexity index is 595. The average molecular weight is 333 g/mol. The van der Waals surface area contributed by atoms with Crippen LogP contribution in [-0.2, 0) is 10.2 Å². The second kappa shape index (κ2) is 7.30. The highest BCUT2D eigenvalue weighted by Crippen LogP contribution is 2.41. The van der Waals surface area contributed by atoms with Gasteiger partial charge < -0.3 is 25.3 Å². The predicted molar refractivity (Wildman–Crippen MR) is 93.6 cm³/mol. The Morgan fingerprint density at radius 3 is 2.75 bits per heavy atom. The lowest BCUT2D eigenvalue weighted by molar-refractivity contribution is 0.0530. The maximum absolute atomic E-state index is 6.03. The van der Waals surface area contributed by atoms with Crippen LogP contribution in [0.2, 0.25) is 0 Å². The van der Waals surface area contributed by atoms with Crippen LogP contribution in [0.1, 0.15) is 32.3 Å². The van der Waals surface area contributed by atoms with Crippen LogP contribution >= 0.6 is 0 Å². The first-order valence-electron chi connectivity index (χ1n) is 8.61. The van der Waals surface area contributed by atoms with Crippen LogP contribution in [0.4, 0.5) is 0 Å². The predicted octanol–water partition coefficient (Wildman–Crippen LogP) is 2.02. The van der Waals surface area contributed by atoms with Crippen molar-refractivity contribution < 1.29 is 14.2 Å². The standard InChI is InChI=1S/C18H27N3O3/c1-13(2)10-20-17(19)21-11-18(5-7-22-8-6-18)14-3-4-15-16(9-14)24-12-23-15/h3-4,9,13H,5-8,10-12H2,1-2H3,(H3,19,20,21). The topological polar surface area (TPSA) is 78.1 Å². The molecule has 1 fully saturated rings. The largest absolute Gasteiger partial charge is 0.454 e. The zero-order valence-electron chi connectivity index (χ0n) is 14.5. The minimum Gasteiger partial charge on any atom is -0.454 e. The monoisotopic (exact) mass is 333 g/mol. The molecule has 3 rings (SSSR count). The van der Waals surface area contributed by atoms with Crippen molar-refractivity contribution in [3.8, 4) is 11.5 Å². The molecule has 2 heterocycles. The number of hydrogen-bond donors (Lipinski definition) is 2. The third-order valence-electron chi connectivity index (χ3n) is 4.68. The van der Waals surface area contributed by atoms with E-state index in [4.69, 9.17) is 19.9 Å². The molecule has 3 N–H and O–H groups in total. The molecule has 2 aliphatic heterocycles. The SMILES string of the molecule is CC(C)CNC(N)=NCC1(c2ccc3c(c2)OCO3)CCOCC1. The molecule has 0 unspecified atom stereocenters. The van der Waals surface area contributed by atoms with Crippen LogP contribution in [0.5, 0.6) is 11.5 Å². The summed E-state index contributed by atoms with van der Waals surface area (Å²) in [6.45, 7) is 7.54. The molecule has 1 saturated heterocycles. The van der Waals surface area contributed by atoms with E-state index in [1.54, 1.807) is 0 Å². The minimum atomic E-state index is -0.0661. The number of nitrogens with one attached hydrogen (secondary N) is 1. The molecule has 0 aliphatic carbocycles. The van der Waals surface area contributed by atoms with Gasteiger partial charge in [0.15, 0.2) is 17.5 Å². The maximum Gasteiger partial charge on any atom is 0.231 e. The fourth-order valence-electron chi connectivity index (χ4n) is 3.13. The number of aliphatic imine (C=N–C) groups is 1. The number of benzene rings is 1. The lowest BCUT2D eigenvalue weighted by atomic mass is 9.74. The number of hydrogen-bond acceptors (Lipinski definition) is 4. The number of fused-ring (bicyclic) bond motifs is 1. The quantitative estimate of drug-likeness (QED) is 0.637. The van der Waals surface area contributed by atoms with Gasteiger partial charge in [0.05, 0.1) is 6.54 Å². The van der Waals surface area contributed by atoms with Gasteiger partial charge in [-0.25, -0.2) is 0 Å². The molecule has 1 aromatic rings. The maximum atomic E-state index is 6.03. The Labute approximate surface area is 143 Å². The van der Waals surface area contributed by atoms with Crippen molar-refractivity contribution >= 4 is 5.96 Å². The molecule has 0 atom stereocenters. The van der Waals surface area contributed by atoms with Crippen LogP contribution in [0, 0.1) is 5.92 Å². The van der Waals surface area contributed by atoms with Gasteiger partial charge in [0.25, 0.3) is 0 Å². The fraction of sp³-hybridized carbons (Fsp3) is 0.611. The highest BCUT2D eigenvalue weighted by atomic mass is 16.7. The Morgan fingerprint density at radius 2 is 2.00 bits per heavy atom. The van der Waals surface area contributed by atoms with Crippen molar-refractivity contribution in [2.24, 2.45) is 16.6 Å². The summed E-state index contributed by atoms with van der Waals surface area (Å²) in [6.07, 6.45) is 1.85. The Kier molecular flexibility index (Phi) is 5.14. The second-order valence-electron chi connectivity index (χ2n) is 6.94. The van der Waals surface area contributed by atoms with Gasteiger partial charge >= 0.3 is 0 Å². The van der Waals surface area contributed by atoms with Crippen molar-refractivity contribution in [2.75, 3.05) is 33.1 Å². The fourth-order valence-corrected chi connectivity index (χ4v) is 3.13. The summed E-state index contributed by atoms with van der Waals surface area (Å²) >= 11 is 0. The van der Waals surface area contributed by atoms with Crippen LogP contribution in [0.3, 0.4) is 0 Å². The van der Waals surface area contributed by atoms with Gasteiger partial charge in [0.2, 0.25) is 6.79 Å². The van der Waals surface area contributed by atoms with Crippen molar-refractivity contribution in [3.63, 3.8) is 0 Å². The number of nitrogens with two attached hydrogens (primary N) is 1.